The molecule has 136 valence electrons. The third-order valence-corrected chi connectivity index (χ3v) is 5.59. The molecule has 26 heavy (non-hydrogen) atoms. The number of piperidine rings is 1. The van der Waals surface area contributed by atoms with Gasteiger partial charge in [-0.2, -0.15) is 0 Å². The van der Waals surface area contributed by atoms with Gasteiger partial charge in [-0.25, -0.2) is 4.39 Å². The zero-order chi connectivity index (χ0) is 17.9. The molecule has 0 saturated carbocycles. The van der Waals surface area contributed by atoms with Gasteiger partial charge in [0.05, 0.1) is 5.92 Å². The molecule has 1 fully saturated rings. The molecule has 2 aliphatic rings. The number of hydrogen-bond donors (Lipinski definition) is 0. The molecule has 2 aromatic carbocycles. The smallest absolute Gasteiger partial charge is 0.227 e. The van der Waals surface area contributed by atoms with E-state index in [1.807, 2.05) is 17.0 Å². The summed E-state index contributed by atoms with van der Waals surface area (Å²) in [5.74, 6) is 0.144. The molecule has 1 saturated heterocycles. The van der Waals surface area contributed by atoms with Crippen molar-refractivity contribution in [1.82, 2.24) is 9.80 Å². The fraction of sp³-hybridized carbons (Fsp3) is 0.409. The Morgan fingerprint density at radius 1 is 1.08 bits per heavy atom. The molecule has 1 amide bonds. The Bertz CT molecular complexity index is 791. The van der Waals surface area contributed by atoms with Crippen LogP contribution in [0.15, 0.2) is 48.5 Å². The third kappa shape index (κ3) is 3.80. The molecule has 0 aliphatic carbocycles. The van der Waals surface area contributed by atoms with Crippen molar-refractivity contribution in [2.75, 3.05) is 19.6 Å². The first-order chi connectivity index (χ1) is 12.7. The van der Waals surface area contributed by atoms with Crippen LogP contribution in [0.25, 0.3) is 0 Å². The van der Waals surface area contributed by atoms with Crippen LogP contribution < -0.4 is 0 Å². The zero-order valence-corrected chi connectivity index (χ0v) is 15.0. The van der Waals surface area contributed by atoms with E-state index in [0.29, 0.717) is 6.54 Å². The maximum absolute atomic E-state index is 13.4. The number of carbonyl (C=O) groups is 1. The number of hydrogen-bond acceptors (Lipinski definition) is 2. The van der Waals surface area contributed by atoms with Crippen molar-refractivity contribution in [2.45, 2.75) is 32.4 Å². The molecular formula is C22H25FN2O. The van der Waals surface area contributed by atoms with Crippen LogP contribution in [-0.4, -0.2) is 35.3 Å². The highest BCUT2D eigenvalue weighted by molar-refractivity contribution is 5.79. The molecule has 2 aromatic rings. The number of halogens is 1. The molecule has 1 unspecified atom stereocenters. The number of carbonyl (C=O) groups excluding carboxylic acids is 1. The minimum atomic E-state index is -0.195. The standard InChI is InChI=1S/C22H25FN2O/c23-21-9-3-5-17(13-21)14-24-11-4-8-20(15-24)22(26)25-12-10-18-6-1-2-7-19(18)16-25/h1-3,5-7,9,13,20H,4,8,10-12,14-16H2. The molecule has 2 heterocycles. The van der Waals surface area contributed by atoms with Crippen LogP contribution in [-0.2, 0) is 24.3 Å². The van der Waals surface area contributed by atoms with Crippen LogP contribution in [0.5, 0.6) is 0 Å². The second kappa shape index (κ2) is 7.58. The van der Waals surface area contributed by atoms with E-state index in [-0.39, 0.29) is 17.6 Å². The van der Waals surface area contributed by atoms with E-state index in [2.05, 4.69) is 23.1 Å². The maximum Gasteiger partial charge on any atom is 0.227 e. The van der Waals surface area contributed by atoms with Crippen molar-refractivity contribution >= 4 is 5.91 Å². The van der Waals surface area contributed by atoms with E-state index in [9.17, 15) is 9.18 Å². The largest absolute Gasteiger partial charge is 0.338 e. The second-order valence-electron chi connectivity index (χ2n) is 7.48. The molecule has 0 bridgehead atoms. The first-order valence-electron chi connectivity index (χ1n) is 9.51. The maximum atomic E-state index is 13.4. The summed E-state index contributed by atoms with van der Waals surface area (Å²) in [7, 11) is 0. The predicted molar refractivity (Wildman–Crippen MR) is 100.0 cm³/mol. The summed E-state index contributed by atoms with van der Waals surface area (Å²) in [5, 5.41) is 0. The van der Waals surface area contributed by atoms with E-state index in [4.69, 9.17) is 0 Å². The van der Waals surface area contributed by atoms with Gasteiger partial charge in [0.2, 0.25) is 5.91 Å². The summed E-state index contributed by atoms with van der Waals surface area (Å²) in [5.41, 5.74) is 3.62. The highest BCUT2D eigenvalue weighted by Crippen LogP contribution is 2.25. The van der Waals surface area contributed by atoms with Crippen molar-refractivity contribution in [2.24, 2.45) is 5.92 Å². The van der Waals surface area contributed by atoms with E-state index >= 15 is 0 Å². The fourth-order valence-electron chi connectivity index (χ4n) is 4.24. The Morgan fingerprint density at radius 2 is 1.92 bits per heavy atom. The van der Waals surface area contributed by atoms with Crippen LogP contribution in [0.4, 0.5) is 4.39 Å². The summed E-state index contributed by atoms with van der Waals surface area (Å²) >= 11 is 0. The lowest BCUT2D eigenvalue weighted by Gasteiger charge is -2.36. The molecule has 4 rings (SSSR count). The van der Waals surface area contributed by atoms with Gasteiger partial charge in [-0.15, -0.1) is 0 Å². The van der Waals surface area contributed by atoms with Gasteiger partial charge in [-0.05, 0) is 54.6 Å². The predicted octanol–water partition coefficient (Wildman–Crippen LogP) is 3.62. The van der Waals surface area contributed by atoms with Crippen LogP contribution in [0.2, 0.25) is 0 Å². The van der Waals surface area contributed by atoms with E-state index < -0.39 is 0 Å². The minimum Gasteiger partial charge on any atom is -0.338 e. The lowest BCUT2D eigenvalue weighted by atomic mass is 9.93. The summed E-state index contributed by atoms with van der Waals surface area (Å²) in [6.45, 7) is 4.01. The van der Waals surface area contributed by atoms with Crippen molar-refractivity contribution in [3.63, 3.8) is 0 Å². The number of nitrogens with zero attached hydrogens (tertiary/aromatic N) is 2. The fourth-order valence-corrected chi connectivity index (χ4v) is 4.24. The Kier molecular flexibility index (Phi) is 5.02. The average Bonchev–Trinajstić information content (AvgIpc) is 2.67. The van der Waals surface area contributed by atoms with Crippen molar-refractivity contribution in [3.05, 3.63) is 71.0 Å². The first kappa shape index (κ1) is 17.2. The van der Waals surface area contributed by atoms with Crippen molar-refractivity contribution < 1.29 is 9.18 Å². The Balaban J connectivity index is 1.39. The quantitative estimate of drug-likeness (QED) is 0.842. The van der Waals surface area contributed by atoms with Gasteiger partial charge >= 0.3 is 0 Å². The lowest BCUT2D eigenvalue weighted by molar-refractivity contribution is -0.138. The SMILES string of the molecule is O=C(C1CCCN(Cc2cccc(F)c2)C1)N1CCc2ccccc2C1. The van der Waals surface area contributed by atoms with Crippen LogP contribution in [0, 0.1) is 11.7 Å². The number of benzene rings is 2. The van der Waals surface area contributed by atoms with Gasteiger partial charge in [0, 0.05) is 26.2 Å². The monoisotopic (exact) mass is 352 g/mol. The molecule has 0 radical (unpaired) electrons. The first-order valence-corrected chi connectivity index (χ1v) is 9.51. The summed E-state index contributed by atoms with van der Waals surface area (Å²) in [6, 6.07) is 15.2. The van der Waals surface area contributed by atoms with Gasteiger partial charge in [-0.3, -0.25) is 9.69 Å². The third-order valence-electron chi connectivity index (χ3n) is 5.59. The van der Waals surface area contributed by atoms with Crippen molar-refractivity contribution in [3.8, 4) is 0 Å². The topological polar surface area (TPSA) is 23.6 Å². The molecule has 3 nitrogen and oxygen atoms in total. The number of fused-ring (bicyclic) bond motifs is 1. The van der Waals surface area contributed by atoms with Gasteiger partial charge in [0.1, 0.15) is 5.82 Å². The summed E-state index contributed by atoms with van der Waals surface area (Å²) in [4.78, 5) is 17.4. The van der Waals surface area contributed by atoms with E-state index in [0.717, 1.165) is 51.0 Å². The van der Waals surface area contributed by atoms with Gasteiger partial charge in [0.15, 0.2) is 0 Å². The Labute approximate surface area is 154 Å². The summed E-state index contributed by atoms with van der Waals surface area (Å²) in [6.07, 6.45) is 2.93. The minimum absolute atomic E-state index is 0.0579. The normalized spacial score (nSPS) is 20.7. The molecule has 1 atom stereocenters. The number of likely N-dealkylation sites (tertiary alicyclic amines) is 1. The van der Waals surface area contributed by atoms with Crippen LogP contribution >= 0.6 is 0 Å². The number of amides is 1. The number of rotatable bonds is 3. The van der Waals surface area contributed by atoms with Crippen LogP contribution in [0.3, 0.4) is 0 Å². The summed E-state index contributed by atoms with van der Waals surface area (Å²) < 4.78 is 13.4. The Hall–Kier alpha value is -2.20. The molecule has 2 aliphatic heterocycles. The lowest BCUT2D eigenvalue weighted by Crippen LogP contribution is -2.46. The van der Waals surface area contributed by atoms with Gasteiger partial charge in [-0.1, -0.05) is 36.4 Å². The second-order valence-corrected chi connectivity index (χ2v) is 7.48. The molecule has 0 spiro atoms. The highest BCUT2D eigenvalue weighted by atomic mass is 19.1. The highest BCUT2D eigenvalue weighted by Gasteiger charge is 2.30. The zero-order valence-electron chi connectivity index (χ0n) is 15.0. The van der Waals surface area contributed by atoms with E-state index in [1.165, 1.54) is 17.2 Å². The van der Waals surface area contributed by atoms with E-state index in [1.54, 1.807) is 12.1 Å². The van der Waals surface area contributed by atoms with Crippen molar-refractivity contribution in [1.29, 1.82) is 0 Å². The Morgan fingerprint density at radius 3 is 2.77 bits per heavy atom. The molecule has 4 heteroatoms. The van der Waals surface area contributed by atoms with Gasteiger partial charge < -0.3 is 4.90 Å². The van der Waals surface area contributed by atoms with Gasteiger partial charge in [0.25, 0.3) is 0 Å². The average molecular weight is 352 g/mol. The van der Waals surface area contributed by atoms with Crippen LogP contribution in [0.1, 0.15) is 29.5 Å². The molecular weight excluding hydrogens is 327 g/mol. The molecule has 0 aromatic heterocycles. The molecule has 0 N–H and O–H groups in total.